The van der Waals surface area contributed by atoms with Crippen molar-refractivity contribution in [1.29, 1.82) is 0 Å². The highest BCUT2D eigenvalue weighted by Crippen LogP contribution is 2.46. The molecule has 0 aliphatic heterocycles. The van der Waals surface area contributed by atoms with Gasteiger partial charge in [-0.15, -0.1) is 0 Å². The highest BCUT2D eigenvalue weighted by atomic mass is 16.3. The van der Waals surface area contributed by atoms with Gasteiger partial charge in [0.25, 0.3) is 22.8 Å². The third-order valence-electron chi connectivity index (χ3n) is 22.7. The molecule has 1 aliphatic carbocycles. The maximum absolute atomic E-state index is 9.28. The summed E-state index contributed by atoms with van der Waals surface area (Å²) in [7, 11) is 7.97. The third kappa shape index (κ3) is 12.6. The molecule has 9 aromatic carbocycles. The Labute approximate surface area is 654 Å². The molecular weight excluding hydrogens is 1360 g/mol. The van der Waals surface area contributed by atoms with Crippen molar-refractivity contribution >= 4 is 131 Å². The molecular formula is C100H89N7O4+4. The summed E-state index contributed by atoms with van der Waals surface area (Å²) in [4.78, 5) is 14.0. The number of nitrogens with zero attached hydrogens (tertiary/aromatic N) is 7. The van der Waals surface area contributed by atoms with Crippen molar-refractivity contribution in [2.75, 3.05) is 0 Å². The maximum atomic E-state index is 9.28. The number of fused-ring (bicyclic) bond motifs is 16. The number of hydrogen-bond donors (Lipinski definition) is 0. The van der Waals surface area contributed by atoms with E-state index in [-0.39, 0.29) is 16.5 Å². The van der Waals surface area contributed by atoms with Crippen molar-refractivity contribution in [2.45, 2.75) is 93.7 Å². The van der Waals surface area contributed by atoms with E-state index >= 15 is 0 Å². The van der Waals surface area contributed by atoms with Gasteiger partial charge < -0.3 is 17.7 Å². The molecule has 1 aliphatic rings. The second kappa shape index (κ2) is 27.7. The highest BCUT2D eigenvalue weighted by Gasteiger charge is 2.31. The van der Waals surface area contributed by atoms with Crippen LogP contribution in [0, 0.1) is 53.7 Å². The molecule has 0 unspecified atom stereocenters. The van der Waals surface area contributed by atoms with Gasteiger partial charge in [0.05, 0.1) is 44.1 Å². The van der Waals surface area contributed by atoms with Crippen LogP contribution in [0.4, 0.5) is 0 Å². The number of aromatic nitrogens is 7. The number of rotatable bonds is 5. The van der Waals surface area contributed by atoms with Gasteiger partial charge in [0.2, 0.25) is 22.3 Å². The lowest BCUT2D eigenvalue weighted by Crippen LogP contribution is -2.31. The molecule has 0 spiro atoms. The molecule has 11 aromatic heterocycles. The minimum Gasteiger partial charge on any atom is -0.449 e. The maximum Gasteiger partial charge on any atom is 0.256 e. The predicted molar refractivity (Wildman–Crippen MR) is 453 cm³/mol. The van der Waals surface area contributed by atoms with E-state index in [1.54, 1.807) is 36.0 Å². The first kappa shape index (κ1) is 62.2. The second-order valence-electron chi connectivity index (χ2n) is 31.0. The number of pyridine rings is 7. The monoisotopic (exact) mass is 1460 g/mol. The zero-order chi connectivity index (χ0) is 82.2. The summed E-state index contributed by atoms with van der Waals surface area (Å²) in [5.41, 5.74) is 25.8. The van der Waals surface area contributed by atoms with Crippen LogP contribution in [0.3, 0.4) is 0 Å². The number of hydrogen-bond acceptors (Lipinski definition) is 7. The van der Waals surface area contributed by atoms with Gasteiger partial charge in [0.1, 0.15) is 50.4 Å². The summed E-state index contributed by atoms with van der Waals surface area (Å²) in [5, 5.41) is 12.0. The number of aryl methyl sites for hydroxylation is 11. The lowest BCUT2D eigenvalue weighted by Gasteiger charge is -2.34. The summed E-state index contributed by atoms with van der Waals surface area (Å²) in [6, 6.07) is 71.6. The van der Waals surface area contributed by atoms with E-state index in [2.05, 4.69) is 233 Å². The smallest absolute Gasteiger partial charge is 0.256 e. The second-order valence-corrected chi connectivity index (χ2v) is 31.0. The quantitative estimate of drug-likeness (QED) is 0.158. The Morgan fingerprint density at radius 2 is 0.865 bits per heavy atom. The van der Waals surface area contributed by atoms with E-state index in [1.165, 1.54) is 38.9 Å². The van der Waals surface area contributed by atoms with Crippen LogP contribution in [0.25, 0.3) is 176 Å². The molecule has 1 fully saturated rings. The fourth-order valence-corrected chi connectivity index (χ4v) is 16.7. The Bertz CT molecular complexity index is 7280. The van der Waals surface area contributed by atoms with Crippen LogP contribution in [0.15, 0.2) is 267 Å². The van der Waals surface area contributed by atoms with Crippen molar-refractivity contribution < 1.29 is 45.5 Å². The SMILES string of the molecule is Cc1ccc(-c2c3oc4cc5ccccc5nc4c3cc[n+]2C)c(C)c1.Cc1ccccc1-c1c2oc3cc4ccccc4nc3c2cc[n+]1C.Cc1ccccc1-c1c2oc3cc4ccncc4cc3c2cc[n+]1C.[2H]C([2H])([2H])c1ccc(-c2c3oc4cc5ccc(C6([2H])CCC(C)(C)CC6)cc5cc4c3c(C([2H])([2H])[2H])c[n+]2C)c(C)c1. The van der Waals surface area contributed by atoms with Crippen molar-refractivity contribution in [3.8, 4) is 45.0 Å². The third-order valence-corrected chi connectivity index (χ3v) is 22.7. The van der Waals surface area contributed by atoms with Crippen LogP contribution >= 0.6 is 0 Å². The summed E-state index contributed by atoms with van der Waals surface area (Å²) in [6.45, 7) is 10.3. The van der Waals surface area contributed by atoms with Crippen molar-refractivity contribution in [3.05, 3.63) is 294 Å². The molecule has 11 nitrogen and oxygen atoms in total. The van der Waals surface area contributed by atoms with Gasteiger partial charge in [0, 0.05) is 83.5 Å². The first-order valence-corrected chi connectivity index (χ1v) is 38.0. The van der Waals surface area contributed by atoms with E-state index in [0.29, 0.717) is 27.6 Å². The normalized spacial score (nSPS) is 14.6. The van der Waals surface area contributed by atoms with E-state index in [1.807, 2.05) is 80.0 Å². The van der Waals surface area contributed by atoms with Gasteiger partial charge >= 0.3 is 0 Å². The van der Waals surface area contributed by atoms with Gasteiger partial charge in [-0.1, -0.05) is 140 Å². The van der Waals surface area contributed by atoms with Gasteiger partial charge in [0.15, 0.2) is 36.0 Å². The summed E-state index contributed by atoms with van der Waals surface area (Å²) in [5.74, 6) is -0.639. The Morgan fingerprint density at radius 1 is 0.387 bits per heavy atom. The average molecular weight is 1460 g/mol. The highest BCUT2D eigenvalue weighted by molar-refractivity contribution is 6.15. The van der Waals surface area contributed by atoms with Gasteiger partial charge in [-0.3, -0.25) is 4.98 Å². The van der Waals surface area contributed by atoms with Crippen LogP contribution in [0.1, 0.15) is 99.5 Å². The summed E-state index contributed by atoms with van der Waals surface area (Å²) < 4.78 is 91.4. The van der Waals surface area contributed by atoms with Crippen LogP contribution in [-0.4, -0.2) is 15.0 Å². The Kier molecular flexibility index (Phi) is 15.5. The topological polar surface area (TPSA) is 107 Å². The molecule has 20 aromatic rings. The van der Waals surface area contributed by atoms with E-state index < -0.39 is 19.6 Å². The molecule has 544 valence electrons. The van der Waals surface area contributed by atoms with Crippen molar-refractivity contribution in [3.63, 3.8) is 0 Å². The Balaban J connectivity index is 0.000000111. The van der Waals surface area contributed by atoms with Crippen LogP contribution in [-0.2, 0) is 28.2 Å². The molecule has 0 radical (unpaired) electrons. The molecule has 0 atom stereocenters. The lowest BCUT2D eigenvalue weighted by atomic mass is 9.71. The molecule has 0 amide bonds. The predicted octanol–water partition coefficient (Wildman–Crippen LogP) is 24.0. The zero-order valence-corrected chi connectivity index (χ0v) is 64.3. The first-order valence-electron chi connectivity index (χ1n) is 41.5. The molecule has 1 saturated carbocycles. The van der Waals surface area contributed by atoms with Gasteiger partial charge in [-0.2, -0.15) is 18.3 Å². The standard InChI is InChI=1S/C33H36NO.C23H19N2O.2C22H17N2O/c1-20-7-10-27(21(2)15-20)31-32-30(22(3)19-34(31)6)28-17-26-16-24(8-9-25(26)18-29(28)35-32)23-11-13-33(4,5)14-12-23;1-14-8-9-17(15(2)12-14)22-23-18(10-11-25(22)3)21-20(26-23)13-16-6-4-5-7-19(16)24-21;1-14-7-3-5-9-16(14)21-22-17(11-12-24(21)2)20-19(25-22)13-15-8-4-6-10-18(15)23-20;1-14-5-3-4-6-17(14)21-22-18(8-10-24(21)2)19-11-16-13-23-9-7-15(16)12-20(19)25-22/h7-10,15-19,23H,11-14H2,1-6H3;4-13H,1-3H3;2*3-13H,1-2H3/q4*+1/i1D3,3D3,23D;;;. The first-order chi connectivity index (χ1) is 56.5. The van der Waals surface area contributed by atoms with E-state index in [9.17, 15) is 1.37 Å². The minimum absolute atomic E-state index is 0.196. The van der Waals surface area contributed by atoms with E-state index in [0.717, 1.165) is 169 Å². The lowest BCUT2D eigenvalue weighted by molar-refractivity contribution is -0.659. The molecule has 21 rings (SSSR count). The summed E-state index contributed by atoms with van der Waals surface area (Å²) >= 11 is 0. The van der Waals surface area contributed by atoms with E-state index in [4.69, 9.17) is 35.9 Å². The molecule has 11 heterocycles. The van der Waals surface area contributed by atoms with Gasteiger partial charge in [-0.05, 0) is 208 Å². The van der Waals surface area contributed by atoms with Crippen LogP contribution in [0.2, 0.25) is 0 Å². The molecule has 0 bridgehead atoms. The number of furan rings is 4. The molecule has 11 heteroatoms. The zero-order valence-electron chi connectivity index (χ0n) is 71.3. The Morgan fingerprint density at radius 3 is 1.44 bits per heavy atom. The van der Waals surface area contributed by atoms with Crippen molar-refractivity contribution in [2.24, 2.45) is 33.6 Å². The Hall–Kier alpha value is -12.7. The molecule has 0 N–H and O–H groups in total. The number of benzene rings is 9. The van der Waals surface area contributed by atoms with Crippen LogP contribution in [0.5, 0.6) is 0 Å². The summed E-state index contributed by atoms with van der Waals surface area (Å²) in [6.07, 6.45) is 15.3. The van der Waals surface area contributed by atoms with Crippen molar-refractivity contribution in [1.82, 2.24) is 15.0 Å². The van der Waals surface area contributed by atoms with Gasteiger partial charge in [-0.25, -0.2) is 9.97 Å². The minimum atomic E-state index is -2.39. The molecule has 0 saturated heterocycles. The fourth-order valence-electron chi connectivity index (χ4n) is 16.7. The fraction of sp³-hybridized carbons (Fsp3) is 0.190. The number of para-hydroxylation sites is 2. The molecule has 111 heavy (non-hydrogen) atoms. The largest absolute Gasteiger partial charge is 0.449 e. The van der Waals surface area contributed by atoms with Crippen LogP contribution < -0.4 is 18.3 Å². The average Bonchev–Trinajstić information content (AvgIpc) is 1.58.